The van der Waals surface area contributed by atoms with Gasteiger partial charge in [0.2, 0.25) is 0 Å². The predicted molar refractivity (Wildman–Crippen MR) is 163 cm³/mol. The smallest absolute Gasteiger partial charge is 0.0884 e. The van der Waals surface area contributed by atoms with Crippen molar-refractivity contribution in [2.24, 2.45) is 11.8 Å². The molecule has 0 radical (unpaired) electrons. The minimum Gasteiger partial charge on any atom is -0.378 e. The molecule has 214 valence electrons. The summed E-state index contributed by atoms with van der Waals surface area (Å²) in [6, 6.07) is 0. The Kier molecular flexibility index (Phi) is 14.0. The van der Waals surface area contributed by atoms with E-state index >= 15 is 0 Å². The summed E-state index contributed by atoms with van der Waals surface area (Å²) in [5, 5.41) is 0. The molecule has 0 aliphatic carbocycles. The maximum absolute atomic E-state index is 6.69. The van der Waals surface area contributed by atoms with Gasteiger partial charge in [-0.05, 0) is 61.8 Å². The molecule has 3 aliphatic rings. The van der Waals surface area contributed by atoms with E-state index < -0.39 is 0 Å². The van der Waals surface area contributed by atoms with E-state index in [-0.39, 0.29) is 42.7 Å². The number of hydrogen-bond acceptors (Lipinski definition) is 5. The van der Waals surface area contributed by atoms with Crippen molar-refractivity contribution in [1.82, 2.24) is 0 Å². The van der Waals surface area contributed by atoms with Gasteiger partial charge in [0.05, 0.1) is 48.8 Å². The Balaban J connectivity index is 1.54. The molecule has 0 saturated carbocycles. The van der Waals surface area contributed by atoms with Gasteiger partial charge in [-0.25, -0.2) is 0 Å². The van der Waals surface area contributed by atoms with Gasteiger partial charge in [-0.3, -0.25) is 0 Å². The molecule has 0 spiro atoms. The third-order valence-electron chi connectivity index (χ3n) is 8.79. The summed E-state index contributed by atoms with van der Waals surface area (Å²) in [5.41, 5.74) is 2.47. The molecule has 0 aromatic rings. The zero-order chi connectivity index (χ0) is 26.9. The van der Waals surface area contributed by atoms with Crippen molar-refractivity contribution in [3.63, 3.8) is 0 Å². The van der Waals surface area contributed by atoms with Gasteiger partial charge in [-0.1, -0.05) is 46.8 Å². The van der Waals surface area contributed by atoms with E-state index in [9.17, 15) is 0 Å². The largest absolute Gasteiger partial charge is 0.378 e. The molecule has 0 amide bonds. The van der Waals surface area contributed by atoms with Crippen molar-refractivity contribution in [3.05, 3.63) is 24.3 Å². The molecule has 3 saturated heterocycles. The highest BCUT2D eigenvalue weighted by Crippen LogP contribution is 2.40. The highest BCUT2D eigenvalue weighted by atomic mass is 32.0. The number of hydrogen-bond donors (Lipinski definition) is 0. The first-order valence-corrected chi connectivity index (χ1v) is 17.9. The second-order valence-electron chi connectivity index (χ2n) is 11.5. The Morgan fingerprint density at radius 3 is 2.49 bits per heavy atom. The van der Waals surface area contributed by atoms with E-state index in [1.165, 1.54) is 24.0 Å². The molecular formula is C29H53O5P3. The van der Waals surface area contributed by atoms with Crippen molar-refractivity contribution >= 4 is 26.7 Å². The highest BCUT2D eigenvalue weighted by Gasteiger charge is 2.45. The Bertz CT molecular complexity index is 722. The zero-order valence-electron chi connectivity index (χ0n) is 23.7. The van der Waals surface area contributed by atoms with Crippen LogP contribution in [0.5, 0.6) is 0 Å². The van der Waals surface area contributed by atoms with E-state index in [0.29, 0.717) is 17.9 Å². The van der Waals surface area contributed by atoms with Crippen LogP contribution in [-0.4, -0.2) is 62.1 Å². The third-order valence-corrected chi connectivity index (χ3v) is 10.6. The number of rotatable bonds is 15. The average molecular weight is 575 g/mol. The molecule has 3 heterocycles. The summed E-state index contributed by atoms with van der Waals surface area (Å²) in [6.07, 6.45) is 12.7. The van der Waals surface area contributed by atoms with Gasteiger partial charge in [0.15, 0.2) is 0 Å². The van der Waals surface area contributed by atoms with Crippen LogP contribution in [0.4, 0.5) is 0 Å². The quantitative estimate of drug-likeness (QED) is 0.152. The van der Waals surface area contributed by atoms with Crippen molar-refractivity contribution < 1.29 is 23.5 Å². The molecule has 5 nitrogen and oxygen atoms in total. The van der Waals surface area contributed by atoms with Crippen molar-refractivity contribution in [2.75, 3.05) is 13.3 Å². The lowest BCUT2D eigenvalue weighted by molar-refractivity contribution is -0.0765. The van der Waals surface area contributed by atoms with E-state index in [1.54, 1.807) is 7.11 Å². The summed E-state index contributed by atoms with van der Waals surface area (Å²) in [4.78, 5) is 0. The van der Waals surface area contributed by atoms with Crippen LogP contribution in [0, 0.1) is 11.8 Å². The van der Waals surface area contributed by atoms with Gasteiger partial charge >= 0.3 is 0 Å². The van der Waals surface area contributed by atoms with Crippen LogP contribution in [0.3, 0.4) is 0 Å². The van der Waals surface area contributed by atoms with Crippen LogP contribution in [0.2, 0.25) is 0 Å². The van der Waals surface area contributed by atoms with Crippen molar-refractivity contribution in [1.29, 1.82) is 0 Å². The van der Waals surface area contributed by atoms with Crippen LogP contribution in [0.15, 0.2) is 24.3 Å². The molecule has 3 fully saturated rings. The van der Waals surface area contributed by atoms with Gasteiger partial charge in [0, 0.05) is 35.3 Å². The Labute approximate surface area is 233 Å². The molecule has 3 aliphatic heterocycles. The Morgan fingerprint density at radius 2 is 1.81 bits per heavy atom. The molecular weight excluding hydrogens is 521 g/mol. The fourth-order valence-electron chi connectivity index (χ4n) is 6.40. The predicted octanol–water partition coefficient (Wildman–Crippen LogP) is 7.25. The highest BCUT2D eigenvalue weighted by molar-refractivity contribution is 8.02. The number of ether oxygens (including phenoxy) is 4. The molecule has 5 unspecified atom stereocenters. The van der Waals surface area contributed by atoms with Gasteiger partial charge in [0.1, 0.15) is 0 Å². The Hall–Kier alpha value is 0.570. The topological polar surface area (TPSA) is 46.2 Å². The maximum Gasteiger partial charge on any atom is 0.0884 e. The number of unbranched alkanes of at least 4 members (excludes halogenated alkanes) is 1. The summed E-state index contributed by atoms with van der Waals surface area (Å²) >= 11 is 0. The first kappa shape index (κ1) is 32.1. The van der Waals surface area contributed by atoms with Crippen LogP contribution in [0.25, 0.3) is 0 Å². The van der Waals surface area contributed by atoms with E-state index in [2.05, 4.69) is 52.3 Å². The second kappa shape index (κ2) is 16.1. The fraction of sp³-hybridized carbons (Fsp3) is 0.862. The lowest BCUT2D eigenvalue weighted by Crippen LogP contribution is -2.37. The van der Waals surface area contributed by atoms with E-state index in [1.807, 2.05) is 0 Å². The number of methoxy groups -OCH3 is 1. The van der Waals surface area contributed by atoms with Crippen molar-refractivity contribution in [3.8, 4) is 0 Å². The molecule has 13 atom stereocenters. The normalized spacial score (nSPS) is 37.7. The van der Waals surface area contributed by atoms with Crippen LogP contribution in [0.1, 0.15) is 85.0 Å². The second-order valence-corrected chi connectivity index (χ2v) is 13.9. The summed E-state index contributed by atoms with van der Waals surface area (Å²) < 4.78 is 31.3. The minimum absolute atomic E-state index is 0.0227. The fourth-order valence-corrected chi connectivity index (χ4v) is 7.64. The van der Waals surface area contributed by atoms with Crippen molar-refractivity contribution in [2.45, 2.75) is 134 Å². The summed E-state index contributed by atoms with van der Waals surface area (Å²) in [5.74, 6) is 0.744. The van der Waals surface area contributed by atoms with Crippen LogP contribution >= 0.6 is 26.7 Å². The lowest BCUT2D eigenvalue weighted by atomic mass is 9.83. The van der Waals surface area contributed by atoms with Crippen LogP contribution in [-0.2, 0) is 23.5 Å². The summed E-state index contributed by atoms with van der Waals surface area (Å²) in [6.45, 7) is 15.6. The first-order chi connectivity index (χ1) is 17.8. The van der Waals surface area contributed by atoms with Gasteiger partial charge in [0.25, 0.3) is 0 Å². The van der Waals surface area contributed by atoms with Gasteiger partial charge in [-0.15, -0.1) is 17.2 Å². The standard InChI is InChI=1S/C29H53O5P3/c1-7-8-9-22-15-19(3)25(31-22)11-10-23-14-18(2)20(4)26(32-23)17-27-21(5)29(30-6)28(33-27)16-24(34-35)12-13-37-36/h18,21-29,37H,3-4,7-17,35-36H2,1-2,5-6H3/t18-,21+,22+,23+,24-,25?,26-,27?,28-,29-/m1/s1. The average Bonchev–Trinajstić information content (AvgIpc) is 3.39. The zero-order valence-corrected chi connectivity index (χ0v) is 27.0. The van der Waals surface area contributed by atoms with Crippen LogP contribution < -0.4 is 0 Å². The van der Waals surface area contributed by atoms with E-state index in [4.69, 9.17) is 23.5 Å². The first-order valence-electron chi connectivity index (χ1n) is 14.5. The minimum atomic E-state index is 0.0227. The Morgan fingerprint density at radius 1 is 1.05 bits per heavy atom. The monoisotopic (exact) mass is 574 g/mol. The van der Waals surface area contributed by atoms with Gasteiger partial charge < -0.3 is 23.5 Å². The maximum atomic E-state index is 6.69. The SMILES string of the molecule is C=C1C[C@H](CCCC)OC1CC[C@H]1C[C@@H](C)C(=C)[C@@H](CC2O[C@H](C[C@@H](CCPP)OP)[C@H](OC)[C@H]2C)O1. The molecule has 37 heavy (non-hydrogen) atoms. The third kappa shape index (κ3) is 9.03. The molecule has 8 heteroatoms. The molecule has 0 bridgehead atoms. The van der Waals surface area contributed by atoms with Gasteiger partial charge in [-0.2, -0.15) is 0 Å². The molecule has 3 rings (SSSR count). The molecule has 0 N–H and O–H groups in total. The lowest BCUT2D eigenvalue weighted by Gasteiger charge is -2.38. The van der Waals surface area contributed by atoms with E-state index in [0.717, 1.165) is 65.8 Å². The molecule has 0 aromatic heterocycles. The summed E-state index contributed by atoms with van der Waals surface area (Å²) in [7, 11) is 7.94. The molecule has 0 aromatic carbocycles.